The summed E-state index contributed by atoms with van der Waals surface area (Å²) in [7, 11) is 0. The van der Waals surface area contributed by atoms with Gasteiger partial charge in [-0.15, -0.1) is 0 Å². The smallest absolute Gasteiger partial charge is 0.247 e. The number of amidine groups is 1. The van der Waals surface area contributed by atoms with Crippen molar-refractivity contribution in [2.45, 2.75) is 11.7 Å². The molecule has 0 aliphatic carbocycles. The van der Waals surface area contributed by atoms with Crippen molar-refractivity contribution in [1.82, 2.24) is 5.32 Å². The normalized spacial score (nSPS) is 17.0. The second-order valence-corrected chi connectivity index (χ2v) is 8.08. The minimum atomic E-state index is -0.757. The third kappa shape index (κ3) is 4.59. The standard InChI is InChI=1S/C18H11Cl3N4O2S/c19-10-5-11(20)7-12(6-10)25-16(26)8-15(17(25)27)28-18(23-9-22)24-14-4-2-1-3-13(14)21/h1-7,15H,8H2,(H,23,24)/t15-/m1/s1. The van der Waals surface area contributed by atoms with E-state index in [2.05, 4.69) is 10.3 Å². The quantitative estimate of drug-likeness (QED) is 0.238. The molecule has 10 heteroatoms. The topological polar surface area (TPSA) is 85.6 Å². The van der Waals surface area contributed by atoms with Gasteiger partial charge in [0.05, 0.1) is 16.4 Å². The number of carbonyl (C=O) groups excluding carboxylic acids is 2. The van der Waals surface area contributed by atoms with Crippen LogP contribution in [0.5, 0.6) is 0 Å². The maximum Gasteiger partial charge on any atom is 0.247 e. The molecule has 1 aliphatic heterocycles. The molecule has 2 aromatic carbocycles. The lowest BCUT2D eigenvalue weighted by atomic mass is 10.3. The van der Waals surface area contributed by atoms with E-state index in [0.29, 0.717) is 26.4 Å². The molecule has 0 spiro atoms. The Morgan fingerprint density at radius 2 is 1.86 bits per heavy atom. The highest BCUT2D eigenvalue weighted by Crippen LogP contribution is 2.34. The number of anilines is 1. The van der Waals surface area contributed by atoms with Gasteiger partial charge >= 0.3 is 0 Å². The second-order valence-electron chi connectivity index (χ2n) is 5.61. The third-order valence-corrected chi connectivity index (χ3v) is 5.53. The fourth-order valence-corrected chi connectivity index (χ4v) is 4.20. The summed E-state index contributed by atoms with van der Waals surface area (Å²) in [5.41, 5.74) is 0.734. The molecule has 0 radical (unpaired) electrons. The van der Waals surface area contributed by atoms with Crippen molar-refractivity contribution in [3.63, 3.8) is 0 Å². The van der Waals surface area contributed by atoms with Crippen LogP contribution >= 0.6 is 46.6 Å². The second kappa shape index (κ2) is 8.84. The number of hydrogen-bond acceptors (Lipinski definition) is 5. The highest BCUT2D eigenvalue weighted by molar-refractivity contribution is 8.15. The Morgan fingerprint density at radius 1 is 1.18 bits per heavy atom. The van der Waals surface area contributed by atoms with E-state index in [0.717, 1.165) is 16.7 Å². The van der Waals surface area contributed by atoms with Gasteiger partial charge in [-0.3, -0.25) is 14.9 Å². The Balaban J connectivity index is 1.85. The summed E-state index contributed by atoms with van der Waals surface area (Å²) in [6.07, 6.45) is 1.72. The summed E-state index contributed by atoms with van der Waals surface area (Å²) in [6.45, 7) is 0. The number of halogens is 3. The van der Waals surface area contributed by atoms with Crippen molar-refractivity contribution in [3.05, 3.63) is 57.5 Å². The number of amides is 2. The Bertz CT molecular complexity index is 1000. The number of thioether (sulfide) groups is 1. The van der Waals surface area contributed by atoms with E-state index in [9.17, 15) is 9.59 Å². The number of hydrogen-bond donors (Lipinski definition) is 1. The average Bonchev–Trinajstić information content (AvgIpc) is 2.90. The maximum absolute atomic E-state index is 12.8. The van der Waals surface area contributed by atoms with Gasteiger partial charge in [0.15, 0.2) is 11.4 Å². The van der Waals surface area contributed by atoms with Gasteiger partial charge in [0.25, 0.3) is 0 Å². The lowest BCUT2D eigenvalue weighted by Gasteiger charge is -2.15. The van der Waals surface area contributed by atoms with Crippen LogP contribution < -0.4 is 10.2 Å². The number of nitrogens with zero attached hydrogens (tertiary/aromatic N) is 3. The predicted octanol–water partition coefficient (Wildman–Crippen LogP) is 4.77. The van der Waals surface area contributed by atoms with E-state index >= 15 is 0 Å². The number of benzene rings is 2. The van der Waals surface area contributed by atoms with Crippen LogP contribution in [0.4, 0.5) is 11.4 Å². The van der Waals surface area contributed by atoms with Crippen LogP contribution in [0, 0.1) is 11.5 Å². The molecule has 3 rings (SSSR count). The summed E-state index contributed by atoms with van der Waals surface area (Å²) < 4.78 is 0. The van der Waals surface area contributed by atoms with Gasteiger partial charge in [-0.25, -0.2) is 9.89 Å². The molecule has 0 aromatic heterocycles. The zero-order valence-electron chi connectivity index (χ0n) is 14.0. The Morgan fingerprint density at radius 3 is 2.50 bits per heavy atom. The number of imide groups is 1. The molecule has 1 atom stereocenters. The SMILES string of the molecule is N#CNC(=Nc1ccccc1Cl)S[C@@H]1CC(=O)N(c2cc(Cl)cc(Cl)c2)C1=O. The zero-order chi connectivity index (χ0) is 20.3. The molecule has 1 N–H and O–H groups in total. The molecule has 2 amide bonds. The van der Waals surface area contributed by atoms with Gasteiger partial charge in [-0.05, 0) is 30.3 Å². The molecular formula is C18H11Cl3N4O2S. The van der Waals surface area contributed by atoms with Gasteiger partial charge in [0.2, 0.25) is 11.8 Å². The minimum absolute atomic E-state index is 0.0533. The molecule has 1 aliphatic rings. The molecule has 6 nitrogen and oxygen atoms in total. The lowest BCUT2D eigenvalue weighted by molar-refractivity contribution is -0.121. The molecule has 28 heavy (non-hydrogen) atoms. The average molecular weight is 454 g/mol. The Hall–Kier alpha value is -2.24. The molecular weight excluding hydrogens is 443 g/mol. The predicted molar refractivity (Wildman–Crippen MR) is 112 cm³/mol. The van der Waals surface area contributed by atoms with E-state index in [1.807, 2.05) is 0 Å². The molecule has 2 aromatic rings. The van der Waals surface area contributed by atoms with Gasteiger partial charge in [0.1, 0.15) is 5.25 Å². The van der Waals surface area contributed by atoms with Gasteiger partial charge in [0, 0.05) is 16.5 Å². The Kier molecular flexibility index (Phi) is 6.47. The van der Waals surface area contributed by atoms with Gasteiger partial charge in [-0.2, -0.15) is 5.26 Å². The van der Waals surface area contributed by atoms with Crippen LogP contribution in [0.3, 0.4) is 0 Å². The summed E-state index contributed by atoms with van der Waals surface area (Å²) >= 11 is 19.0. The van der Waals surface area contributed by atoms with Gasteiger partial charge in [-0.1, -0.05) is 58.7 Å². The molecule has 142 valence electrons. The van der Waals surface area contributed by atoms with Gasteiger partial charge < -0.3 is 0 Å². The van der Waals surface area contributed by atoms with Crippen LogP contribution in [0.2, 0.25) is 15.1 Å². The lowest BCUT2D eigenvalue weighted by Crippen LogP contribution is -2.32. The van der Waals surface area contributed by atoms with Crippen LogP contribution in [-0.2, 0) is 9.59 Å². The molecule has 1 heterocycles. The fraction of sp³-hybridized carbons (Fsp3) is 0.111. The molecule has 0 saturated carbocycles. The van der Waals surface area contributed by atoms with Crippen molar-refractivity contribution in [3.8, 4) is 6.19 Å². The Labute approximate surface area is 180 Å². The van der Waals surface area contributed by atoms with Crippen molar-refractivity contribution in [2.24, 2.45) is 4.99 Å². The minimum Gasteiger partial charge on any atom is -0.274 e. The molecule has 0 bridgehead atoms. The zero-order valence-corrected chi connectivity index (χ0v) is 17.1. The summed E-state index contributed by atoms with van der Waals surface area (Å²) in [6, 6.07) is 11.3. The van der Waals surface area contributed by atoms with Crippen molar-refractivity contribution in [2.75, 3.05) is 4.90 Å². The van der Waals surface area contributed by atoms with Crippen molar-refractivity contribution >= 4 is 74.9 Å². The number of nitrogens with one attached hydrogen (secondary N) is 1. The van der Waals surface area contributed by atoms with Crippen LogP contribution in [-0.4, -0.2) is 22.2 Å². The molecule has 0 unspecified atom stereocenters. The highest BCUT2D eigenvalue weighted by Gasteiger charge is 2.41. The van der Waals surface area contributed by atoms with E-state index in [1.165, 1.54) is 18.2 Å². The van der Waals surface area contributed by atoms with E-state index in [1.54, 1.807) is 30.5 Å². The monoisotopic (exact) mass is 452 g/mol. The summed E-state index contributed by atoms with van der Waals surface area (Å²) in [5.74, 6) is -0.838. The van der Waals surface area contributed by atoms with Crippen LogP contribution in [0.1, 0.15) is 6.42 Å². The van der Waals surface area contributed by atoms with E-state index < -0.39 is 17.1 Å². The third-order valence-electron chi connectivity index (χ3n) is 3.70. The summed E-state index contributed by atoms with van der Waals surface area (Å²) in [5, 5.41) is 11.8. The number of aliphatic imine (C=N–C) groups is 1. The van der Waals surface area contributed by atoms with Crippen LogP contribution in [0.15, 0.2) is 47.5 Å². The first-order valence-corrected chi connectivity index (χ1v) is 9.88. The number of rotatable bonds is 3. The van der Waals surface area contributed by atoms with E-state index in [-0.39, 0.29) is 11.6 Å². The number of carbonyl (C=O) groups is 2. The van der Waals surface area contributed by atoms with E-state index in [4.69, 9.17) is 40.1 Å². The van der Waals surface area contributed by atoms with Crippen molar-refractivity contribution in [1.29, 1.82) is 5.26 Å². The largest absolute Gasteiger partial charge is 0.274 e. The molecule has 1 saturated heterocycles. The number of nitriles is 1. The summed E-state index contributed by atoms with van der Waals surface area (Å²) in [4.78, 5) is 30.6. The van der Waals surface area contributed by atoms with Crippen molar-refractivity contribution < 1.29 is 9.59 Å². The molecule has 1 fully saturated rings. The number of para-hydroxylation sites is 1. The fourth-order valence-electron chi connectivity index (χ4n) is 2.55. The first-order valence-electron chi connectivity index (χ1n) is 7.87. The first kappa shape index (κ1) is 20.5. The van der Waals surface area contributed by atoms with Crippen LogP contribution in [0.25, 0.3) is 0 Å². The maximum atomic E-state index is 12.8. The highest BCUT2D eigenvalue weighted by atomic mass is 35.5. The first-order chi connectivity index (χ1) is 13.4.